The maximum absolute atomic E-state index is 13.7. The lowest BCUT2D eigenvalue weighted by atomic mass is 9.84. The molecule has 5 aliphatic heterocycles. The molecule has 5 heterocycles. The van der Waals surface area contributed by atoms with Crippen molar-refractivity contribution in [1.82, 2.24) is 10.2 Å². The highest BCUT2D eigenvalue weighted by Crippen LogP contribution is 2.54. The fraction of sp³-hybridized carbons (Fsp3) is 0.559. The largest absolute Gasteiger partial charge is 0.493 e. The van der Waals surface area contributed by atoms with Crippen LogP contribution in [0.2, 0.25) is 0 Å². The summed E-state index contributed by atoms with van der Waals surface area (Å²) in [6.07, 6.45) is 5.54. The molecule has 0 aromatic heterocycles. The Hall–Kier alpha value is -3.55. The number of para-hydroxylation sites is 1. The first-order valence-corrected chi connectivity index (χ1v) is 15.8. The Labute approximate surface area is 249 Å². The summed E-state index contributed by atoms with van der Waals surface area (Å²) in [6.45, 7) is 8.59. The monoisotopic (exact) mass is 572 g/mol. The lowest BCUT2D eigenvalue weighted by Gasteiger charge is -2.42. The van der Waals surface area contributed by atoms with Crippen LogP contribution in [0.15, 0.2) is 47.5 Å². The summed E-state index contributed by atoms with van der Waals surface area (Å²) in [6, 6.07) is 13.8. The van der Waals surface area contributed by atoms with Crippen molar-refractivity contribution in [3.05, 3.63) is 59.2 Å². The number of amides is 2. The second-order valence-corrected chi connectivity index (χ2v) is 12.8. The second kappa shape index (κ2) is 11.3. The normalized spacial score (nSPS) is 31.1. The molecule has 4 bridgehead atoms. The molecule has 6 unspecified atom stereocenters. The molecule has 3 N–H and O–H groups in total. The van der Waals surface area contributed by atoms with Crippen molar-refractivity contribution in [2.45, 2.75) is 96.4 Å². The van der Waals surface area contributed by atoms with E-state index < -0.39 is 0 Å². The Morgan fingerprint density at radius 3 is 2.64 bits per heavy atom. The summed E-state index contributed by atoms with van der Waals surface area (Å²) < 4.78 is 12.5. The highest BCUT2D eigenvalue weighted by molar-refractivity contribution is 5.99. The quantitative estimate of drug-likeness (QED) is 0.436. The molecular formula is C34H44N4O4. The van der Waals surface area contributed by atoms with Crippen LogP contribution >= 0.6 is 0 Å². The minimum atomic E-state index is -0.373. The molecule has 0 saturated heterocycles. The maximum Gasteiger partial charge on any atom is 0.232 e. The van der Waals surface area contributed by atoms with E-state index in [4.69, 9.17) is 20.2 Å². The van der Waals surface area contributed by atoms with Gasteiger partial charge in [-0.1, -0.05) is 50.6 Å². The Morgan fingerprint density at radius 1 is 1.02 bits per heavy atom. The van der Waals surface area contributed by atoms with Gasteiger partial charge in [0.25, 0.3) is 0 Å². The van der Waals surface area contributed by atoms with Crippen LogP contribution in [-0.2, 0) is 16.0 Å². The number of nitrogens with one attached hydrogen (secondary N) is 1. The van der Waals surface area contributed by atoms with Crippen LogP contribution in [0.1, 0.15) is 95.0 Å². The smallest absolute Gasteiger partial charge is 0.232 e. The van der Waals surface area contributed by atoms with Gasteiger partial charge < -0.3 is 20.5 Å². The van der Waals surface area contributed by atoms with Gasteiger partial charge in [-0.2, -0.15) is 0 Å². The third-order valence-electron chi connectivity index (χ3n) is 9.42. The average molecular weight is 573 g/mol. The Kier molecular flexibility index (Phi) is 7.66. The molecule has 224 valence electrons. The maximum atomic E-state index is 13.7. The first-order valence-electron chi connectivity index (χ1n) is 15.8. The lowest BCUT2D eigenvalue weighted by Crippen LogP contribution is -2.52. The van der Waals surface area contributed by atoms with Gasteiger partial charge in [-0.15, -0.1) is 0 Å². The van der Waals surface area contributed by atoms with Crippen LogP contribution in [0.3, 0.4) is 0 Å². The standard InChI is InChI=1S/C32H38N4O4.C2H6/c1-32(2)16-25-23-13-18(11-12-27(23)40-32)7-3-4-8-19-14-28(37)36(31(33)34-19)29-20-9-5-6-10-26(20)39-17-24(29)21-15-22(21)30(38)35-25;1-2/h5-6,9-13,19,21-22,24-25,29H,3-4,7-8,14-17H2,1-2H3,(H2,33,34)(H,35,38);1-2H3. The summed E-state index contributed by atoms with van der Waals surface area (Å²) in [5.41, 5.74) is 9.44. The van der Waals surface area contributed by atoms with E-state index in [0.29, 0.717) is 25.4 Å². The van der Waals surface area contributed by atoms with E-state index in [0.717, 1.165) is 54.7 Å². The number of aliphatic imine (C=N–C) groups is 1. The van der Waals surface area contributed by atoms with E-state index >= 15 is 0 Å². The highest BCUT2D eigenvalue weighted by atomic mass is 16.5. The third-order valence-corrected chi connectivity index (χ3v) is 9.42. The van der Waals surface area contributed by atoms with Gasteiger partial charge in [0, 0.05) is 35.8 Å². The summed E-state index contributed by atoms with van der Waals surface area (Å²) in [4.78, 5) is 33.9. The molecule has 1 saturated carbocycles. The zero-order valence-electron chi connectivity index (χ0n) is 25.3. The van der Waals surface area contributed by atoms with Gasteiger partial charge in [0.05, 0.1) is 24.7 Å². The molecule has 2 aromatic rings. The van der Waals surface area contributed by atoms with Gasteiger partial charge in [0.15, 0.2) is 5.96 Å². The van der Waals surface area contributed by atoms with Crippen molar-refractivity contribution in [3.63, 3.8) is 0 Å². The minimum Gasteiger partial charge on any atom is -0.493 e. The number of guanidine groups is 1. The number of benzene rings is 2. The van der Waals surface area contributed by atoms with Gasteiger partial charge in [-0.05, 0) is 63.1 Å². The summed E-state index contributed by atoms with van der Waals surface area (Å²) in [5, 5.41) is 3.40. The van der Waals surface area contributed by atoms with Crippen LogP contribution in [0, 0.1) is 17.8 Å². The predicted octanol–water partition coefficient (Wildman–Crippen LogP) is 5.46. The van der Waals surface area contributed by atoms with Gasteiger partial charge >= 0.3 is 0 Å². The van der Waals surface area contributed by atoms with Crippen molar-refractivity contribution in [2.24, 2.45) is 28.5 Å². The van der Waals surface area contributed by atoms with Gasteiger partial charge in [-0.3, -0.25) is 14.5 Å². The molecule has 2 aromatic carbocycles. The van der Waals surface area contributed by atoms with E-state index in [1.54, 1.807) is 4.90 Å². The average Bonchev–Trinajstić information content (AvgIpc) is 3.76. The summed E-state index contributed by atoms with van der Waals surface area (Å²) in [7, 11) is 0. The fourth-order valence-corrected chi connectivity index (χ4v) is 7.40. The predicted molar refractivity (Wildman–Crippen MR) is 162 cm³/mol. The molecule has 6 aliphatic rings. The molecule has 8 heteroatoms. The van der Waals surface area contributed by atoms with Gasteiger partial charge in [0.2, 0.25) is 11.8 Å². The molecule has 0 spiro atoms. The topological polar surface area (TPSA) is 106 Å². The highest BCUT2D eigenvalue weighted by Gasteiger charge is 2.55. The van der Waals surface area contributed by atoms with E-state index in [9.17, 15) is 9.59 Å². The number of nitrogens with two attached hydrogens (primary N) is 1. The Bertz CT molecular complexity index is 1390. The molecular weight excluding hydrogens is 528 g/mol. The van der Waals surface area contributed by atoms with Crippen LogP contribution in [0.5, 0.6) is 11.5 Å². The van der Waals surface area contributed by atoms with Crippen LogP contribution in [0.4, 0.5) is 0 Å². The number of hydrogen-bond donors (Lipinski definition) is 2. The number of ether oxygens (including phenoxy) is 2. The number of rotatable bonds is 0. The molecule has 8 rings (SSSR count). The molecule has 2 amide bonds. The van der Waals surface area contributed by atoms with E-state index in [1.165, 1.54) is 5.56 Å². The van der Waals surface area contributed by atoms with Crippen molar-refractivity contribution < 1.29 is 19.1 Å². The number of aryl methyl sites for hydroxylation is 1. The van der Waals surface area contributed by atoms with E-state index in [1.807, 2.05) is 38.1 Å². The number of hydrogen-bond acceptors (Lipinski definition) is 6. The Morgan fingerprint density at radius 2 is 1.83 bits per heavy atom. The minimum absolute atomic E-state index is 0.0108. The molecule has 6 atom stereocenters. The fourth-order valence-electron chi connectivity index (χ4n) is 7.40. The van der Waals surface area contributed by atoms with Crippen LogP contribution < -0.4 is 20.5 Å². The van der Waals surface area contributed by atoms with Gasteiger partial charge in [-0.25, -0.2) is 4.99 Å². The van der Waals surface area contributed by atoms with Crippen molar-refractivity contribution >= 4 is 17.8 Å². The first kappa shape index (κ1) is 28.6. The van der Waals surface area contributed by atoms with Gasteiger partial charge in [0.1, 0.15) is 17.1 Å². The summed E-state index contributed by atoms with van der Waals surface area (Å²) >= 11 is 0. The van der Waals surface area contributed by atoms with Crippen molar-refractivity contribution in [1.29, 1.82) is 0 Å². The molecule has 1 fully saturated rings. The van der Waals surface area contributed by atoms with Crippen molar-refractivity contribution in [2.75, 3.05) is 6.61 Å². The van der Waals surface area contributed by atoms with Crippen LogP contribution in [0.25, 0.3) is 0 Å². The van der Waals surface area contributed by atoms with Crippen molar-refractivity contribution in [3.8, 4) is 11.5 Å². The van der Waals surface area contributed by atoms with E-state index in [2.05, 4.69) is 37.4 Å². The molecule has 42 heavy (non-hydrogen) atoms. The zero-order chi connectivity index (χ0) is 29.6. The Balaban J connectivity index is 0.00000155. The first-order chi connectivity index (χ1) is 20.3. The van der Waals surface area contributed by atoms with E-state index in [-0.39, 0.29) is 53.3 Å². The second-order valence-electron chi connectivity index (χ2n) is 12.8. The zero-order valence-corrected chi connectivity index (χ0v) is 25.3. The SMILES string of the molecule is CC.CC1(C)CC2NC(=O)C3CC3C3COc4ccccc4C3N3C(=O)CC(CCCCc4ccc(c2c4)O1)N=C3N. The molecule has 1 aliphatic carbocycles. The number of fused-ring (bicyclic) bond motifs is 6. The number of carbonyl (C=O) groups excluding carboxylic acids is 2. The third kappa shape index (κ3) is 5.36. The van der Waals surface area contributed by atoms with Crippen LogP contribution in [-0.4, -0.2) is 40.9 Å². The molecule has 8 nitrogen and oxygen atoms in total. The number of carbonyl (C=O) groups is 2. The lowest BCUT2D eigenvalue weighted by molar-refractivity contribution is -0.132. The number of nitrogens with zero attached hydrogens (tertiary/aromatic N) is 2. The summed E-state index contributed by atoms with van der Waals surface area (Å²) in [5.74, 6) is 1.90. The molecule has 0 radical (unpaired) electrons.